The zero-order valence-corrected chi connectivity index (χ0v) is 33.9. The summed E-state index contributed by atoms with van der Waals surface area (Å²) in [5, 5.41) is 9.45. The van der Waals surface area contributed by atoms with Crippen molar-refractivity contribution in [2.75, 3.05) is 4.90 Å². The zero-order chi connectivity index (χ0) is 41.0. The molecule has 0 aliphatic carbocycles. The highest BCUT2D eigenvalue weighted by atomic mass is 16.3. The minimum atomic E-state index is 0.889. The smallest absolute Gasteiger partial charge is 0.143 e. The first kappa shape index (κ1) is 35.7. The van der Waals surface area contributed by atoms with Crippen molar-refractivity contribution in [1.82, 2.24) is 0 Å². The Morgan fingerprint density at radius 2 is 0.806 bits per heavy atom. The van der Waals surface area contributed by atoms with Crippen LogP contribution in [0, 0.1) is 0 Å². The zero-order valence-electron chi connectivity index (χ0n) is 33.9. The van der Waals surface area contributed by atoms with Gasteiger partial charge in [-0.15, -0.1) is 0 Å². The molecule has 2 nitrogen and oxygen atoms in total. The number of para-hydroxylation sites is 2. The number of hydrogen-bond donors (Lipinski definition) is 0. The molecule has 0 amide bonds. The van der Waals surface area contributed by atoms with E-state index in [0.29, 0.717) is 0 Å². The standard InChI is InChI=1S/C60H39NO/c1-3-14-41(15-4-1)50-35-31-45(39-57(50)42-16-5-2-6-17-42)40-28-32-47(33-29-40)61(48-34-37-51-46(38-48)27-26-43-18-7-9-20-49(43)51)58-25-12-11-22-53(58)54-23-13-24-55-56-36-30-44-19-8-10-21-52(44)59(56)62-60(54)55/h1-39H. The topological polar surface area (TPSA) is 16.4 Å². The van der Waals surface area contributed by atoms with Gasteiger partial charge >= 0.3 is 0 Å². The first-order valence-corrected chi connectivity index (χ1v) is 21.2. The maximum atomic E-state index is 6.92. The number of benzene rings is 11. The Balaban J connectivity index is 1.03. The molecule has 0 saturated carbocycles. The molecule has 0 saturated heterocycles. The molecular formula is C60H39NO. The molecule has 1 heterocycles. The first-order chi connectivity index (χ1) is 30.7. The maximum absolute atomic E-state index is 6.92. The molecule has 0 fully saturated rings. The molecule has 12 aromatic rings. The number of anilines is 3. The molecule has 1 aromatic heterocycles. The molecule has 0 aliphatic rings. The fourth-order valence-electron chi connectivity index (χ4n) is 9.45. The second-order valence-electron chi connectivity index (χ2n) is 16.0. The molecule has 0 atom stereocenters. The number of hydrogen-bond acceptors (Lipinski definition) is 2. The van der Waals surface area contributed by atoms with Gasteiger partial charge in [0.15, 0.2) is 0 Å². The lowest BCUT2D eigenvalue weighted by molar-refractivity contribution is 0.674. The van der Waals surface area contributed by atoms with Crippen molar-refractivity contribution >= 4 is 71.3 Å². The van der Waals surface area contributed by atoms with Gasteiger partial charge in [0, 0.05) is 38.7 Å². The van der Waals surface area contributed by atoms with Crippen molar-refractivity contribution in [1.29, 1.82) is 0 Å². The highest BCUT2D eigenvalue weighted by Gasteiger charge is 2.22. The van der Waals surface area contributed by atoms with E-state index in [0.717, 1.165) is 61.1 Å². The summed E-state index contributed by atoms with van der Waals surface area (Å²) in [4.78, 5) is 2.40. The normalized spacial score (nSPS) is 11.5. The third-order valence-corrected chi connectivity index (χ3v) is 12.5. The third kappa shape index (κ3) is 6.04. The van der Waals surface area contributed by atoms with Gasteiger partial charge in [-0.05, 0) is 103 Å². The van der Waals surface area contributed by atoms with Gasteiger partial charge in [-0.1, -0.05) is 194 Å². The van der Waals surface area contributed by atoms with E-state index in [9.17, 15) is 0 Å². The molecular weight excluding hydrogens is 751 g/mol. The summed E-state index contributed by atoms with van der Waals surface area (Å²) in [7, 11) is 0. The highest BCUT2D eigenvalue weighted by Crippen LogP contribution is 2.46. The molecule has 0 aliphatic heterocycles. The van der Waals surface area contributed by atoms with E-state index < -0.39 is 0 Å². The first-order valence-electron chi connectivity index (χ1n) is 21.2. The van der Waals surface area contributed by atoms with Crippen molar-refractivity contribution in [3.63, 3.8) is 0 Å². The Kier molecular flexibility index (Phi) is 8.53. The van der Waals surface area contributed by atoms with Crippen molar-refractivity contribution in [2.45, 2.75) is 0 Å². The van der Waals surface area contributed by atoms with Gasteiger partial charge < -0.3 is 9.32 Å². The summed E-state index contributed by atoms with van der Waals surface area (Å²) in [5.74, 6) is 0. The average Bonchev–Trinajstić information content (AvgIpc) is 3.75. The van der Waals surface area contributed by atoms with Gasteiger partial charge in [0.05, 0.1) is 5.69 Å². The van der Waals surface area contributed by atoms with Crippen LogP contribution in [0.1, 0.15) is 0 Å². The van der Waals surface area contributed by atoms with Gasteiger partial charge in [-0.2, -0.15) is 0 Å². The predicted molar refractivity (Wildman–Crippen MR) is 263 cm³/mol. The van der Waals surface area contributed by atoms with E-state index in [4.69, 9.17) is 4.42 Å². The van der Waals surface area contributed by atoms with E-state index in [2.05, 4.69) is 241 Å². The molecule has 2 heteroatoms. The summed E-state index contributed by atoms with van der Waals surface area (Å²) in [5.41, 5.74) is 14.3. The molecule has 0 spiro atoms. The molecule has 62 heavy (non-hydrogen) atoms. The summed E-state index contributed by atoms with van der Waals surface area (Å²) < 4.78 is 6.92. The van der Waals surface area contributed by atoms with Crippen LogP contribution < -0.4 is 4.90 Å². The van der Waals surface area contributed by atoms with Crippen LogP contribution in [-0.2, 0) is 0 Å². The summed E-state index contributed by atoms with van der Waals surface area (Å²) in [6.45, 7) is 0. The number of fused-ring (bicyclic) bond motifs is 8. The summed E-state index contributed by atoms with van der Waals surface area (Å²) in [6.07, 6.45) is 0. The second-order valence-corrected chi connectivity index (χ2v) is 16.0. The highest BCUT2D eigenvalue weighted by molar-refractivity contribution is 6.18. The molecule has 0 bridgehead atoms. The average molecular weight is 790 g/mol. The Bertz CT molecular complexity index is 3620. The van der Waals surface area contributed by atoms with Crippen molar-refractivity contribution in [3.05, 3.63) is 237 Å². The van der Waals surface area contributed by atoms with E-state index >= 15 is 0 Å². The van der Waals surface area contributed by atoms with Gasteiger partial charge in [0.2, 0.25) is 0 Å². The van der Waals surface area contributed by atoms with Gasteiger partial charge in [-0.3, -0.25) is 0 Å². The molecule has 0 radical (unpaired) electrons. The van der Waals surface area contributed by atoms with E-state index in [-0.39, 0.29) is 0 Å². The van der Waals surface area contributed by atoms with Crippen molar-refractivity contribution in [2.24, 2.45) is 0 Å². The van der Waals surface area contributed by atoms with Crippen LogP contribution in [0.4, 0.5) is 17.1 Å². The Morgan fingerprint density at radius 1 is 0.258 bits per heavy atom. The van der Waals surface area contributed by atoms with Gasteiger partial charge in [-0.25, -0.2) is 0 Å². The van der Waals surface area contributed by atoms with Crippen molar-refractivity contribution < 1.29 is 4.42 Å². The summed E-state index contributed by atoms with van der Waals surface area (Å²) in [6, 6.07) is 85.4. The maximum Gasteiger partial charge on any atom is 0.143 e. The summed E-state index contributed by atoms with van der Waals surface area (Å²) >= 11 is 0. The van der Waals surface area contributed by atoms with E-state index in [1.54, 1.807) is 0 Å². The molecule has 0 unspecified atom stereocenters. The lowest BCUT2D eigenvalue weighted by atomic mass is 9.91. The van der Waals surface area contributed by atoms with Crippen LogP contribution in [0.3, 0.4) is 0 Å². The second kappa shape index (κ2) is 14.8. The number of nitrogens with zero attached hydrogens (tertiary/aromatic N) is 1. The Hall–Kier alpha value is -8.20. The van der Waals surface area contributed by atoms with E-state index in [1.807, 2.05) is 0 Å². The largest absolute Gasteiger partial charge is 0.455 e. The fourth-order valence-corrected chi connectivity index (χ4v) is 9.45. The molecule has 11 aromatic carbocycles. The minimum absolute atomic E-state index is 0.889. The SMILES string of the molecule is c1ccc(-c2ccc(-c3ccc(N(c4ccc5c(ccc6ccccc65)c4)c4ccccc4-c4cccc5c4oc4c6ccccc6ccc54)cc3)cc2-c2ccccc2)cc1. The van der Waals surface area contributed by atoms with Crippen LogP contribution >= 0.6 is 0 Å². The minimum Gasteiger partial charge on any atom is -0.455 e. The van der Waals surface area contributed by atoms with Crippen LogP contribution in [0.25, 0.3) is 98.8 Å². The number of furan rings is 1. The van der Waals surface area contributed by atoms with Crippen LogP contribution in [0.2, 0.25) is 0 Å². The molecule has 12 rings (SSSR count). The number of rotatable bonds is 7. The van der Waals surface area contributed by atoms with Crippen LogP contribution in [-0.4, -0.2) is 0 Å². The van der Waals surface area contributed by atoms with Crippen molar-refractivity contribution in [3.8, 4) is 44.5 Å². The monoisotopic (exact) mass is 789 g/mol. The third-order valence-electron chi connectivity index (χ3n) is 12.5. The van der Waals surface area contributed by atoms with Crippen LogP contribution in [0.15, 0.2) is 241 Å². The lowest BCUT2D eigenvalue weighted by Gasteiger charge is -2.28. The van der Waals surface area contributed by atoms with Crippen LogP contribution in [0.5, 0.6) is 0 Å². The molecule has 0 N–H and O–H groups in total. The Morgan fingerprint density at radius 3 is 1.61 bits per heavy atom. The molecule has 290 valence electrons. The van der Waals surface area contributed by atoms with E-state index in [1.165, 1.54) is 54.7 Å². The fraction of sp³-hybridized carbons (Fsp3) is 0. The van der Waals surface area contributed by atoms with Gasteiger partial charge in [0.1, 0.15) is 11.2 Å². The lowest BCUT2D eigenvalue weighted by Crippen LogP contribution is -2.11. The quantitative estimate of drug-likeness (QED) is 0.150. The van der Waals surface area contributed by atoms with Gasteiger partial charge in [0.25, 0.3) is 0 Å². The predicted octanol–water partition coefficient (Wildman–Crippen LogP) is 17.2. The Labute approximate surface area is 360 Å².